The van der Waals surface area contributed by atoms with E-state index in [4.69, 9.17) is 32.7 Å². The molecule has 3 rings (SSSR count). The van der Waals surface area contributed by atoms with Crippen LogP contribution in [-0.2, 0) is 0 Å². The van der Waals surface area contributed by atoms with Gasteiger partial charge in [0, 0.05) is 11.5 Å². The topological polar surface area (TPSA) is 44.2 Å². The van der Waals surface area contributed by atoms with Crippen molar-refractivity contribution < 1.29 is 9.47 Å². The maximum Gasteiger partial charge on any atom is 0.171 e. The lowest BCUT2D eigenvalue weighted by Crippen LogP contribution is -1.95. The molecule has 0 atom stereocenters. The molecule has 0 bridgehead atoms. The number of hydrogen-bond acceptors (Lipinski definition) is 5. The van der Waals surface area contributed by atoms with Gasteiger partial charge in [-0.2, -0.15) is 0 Å². The Bertz CT molecular complexity index is 820. The van der Waals surface area contributed by atoms with Crippen molar-refractivity contribution >= 4 is 45.4 Å². The Hall–Kier alpha value is -1.56. The van der Waals surface area contributed by atoms with Crippen molar-refractivity contribution in [2.24, 2.45) is 0 Å². The third kappa shape index (κ3) is 2.64. The largest absolute Gasteiger partial charge is 0.497 e. The fourth-order valence-corrected chi connectivity index (χ4v) is 3.16. The summed E-state index contributed by atoms with van der Waals surface area (Å²) >= 11 is 13.6. The number of nitrogens with zero attached hydrogens (tertiary/aromatic N) is 2. The van der Waals surface area contributed by atoms with E-state index in [0.29, 0.717) is 37.7 Å². The van der Waals surface area contributed by atoms with E-state index in [-0.39, 0.29) is 0 Å². The Kier molecular flexibility index (Phi) is 3.89. The summed E-state index contributed by atoms with van der Waals surface area (Å²) in [6.45, 7) is 0. The van der Waals surface area contributed by atoms with E-state index in [9.17, 15) is 0 Å². The van der Waals surface area contributed by atoms with Gasteiger partial charge in [0.2, 0.25) is 0 Å². The summed E-state index contributed by atoms with van der Waals surface area (Å²) < 4.78 is 11.3. The summed E-state index contributed by atoms with van der Waals surface area (Å²) in [6, 6.07) is 7.21. The molecule has 0 aliphatic heterocycles. The molecule has 0 aliphatic rings. The number of aromatic nitrogens is 2. The summed E-state index contributed by atoms with van der Waals surface area (Å²) in [7, 11) is 3.16. The Labute approximate surface area is 135 Å². The highest BCUT2D eigenvalue weighted by atomic mass is 35.5. The van der Waals surface area contributed by atoms with Gasteiger partial charge in [-0.25, -0.2) is 9.97 Å². The van der Waals surface area contributed by atoms with Crippen molar-refractivity contribution in [3.63, 3.8) is 0 Å². The molecule has 3 aromatic rings. The second-order valence-corrected chi connectivity index (χ2v) is 6.24. The predicted octanol–water partition coefficient (Wildman–Crippen LogP) is 4.68. The lowest BCUT2D eigenvalue weighted by atomic mass is 10.2. The summed E-state index contributed by atoms with van der Waals surface area (Å²) in [5.41, 5.74) is 0.637. The standard InChI is InChI=1S/C14H10Cl2N2O2S/c1-19-7-5-8-12(9(6-7)20-2)17-14(18-13(8)16)10-3-4-11(15)21-10/h3-6H,1-2H3. The molecule has 2 aromatic heterocycles. The predicted molar refractivity (Wildman–Crippen MR) is 86.0 cm³/mol. The molecule has 4 nitrogen and oxygen atoms in total. The van der Waals surface area contributed by atoms with Crippen LogP contribution < -0.4 is 9.47 Å². The van der Waals surface area contributed by atoms with Crippen LogP contribution in [0.15, 0.2) is 24.3 Å². The SMILES string of the molecule is COc1cc(OC)c2nc(-c3ccc(Cl)s3)nc(Cl)c2c1. The molecule has 1 aromatic carbocycles. The molecule has 0 radical (unpaired) electrons. The molecule has 0 saturated heterocycles. The molecular formula is C14H10Cl2N2O2S. The van der Waals surface area contributed by atoms with Crippen molar-refractivity contribution in [3.8, 4) is 22.2 Å². The van der Waals surface area contributed by atoms with Gasteiger partial charge in [0.1, 0.15) is 22.2 Å². The van der Waals surface area contributed by atoms with Crippen molar-refractivity contribution in [2.75, 3.05) is 14.2 Å². The molecular weight excluding hydrogens is 331 g/mol. The van der Waals surface area contributed by atoms with Gasteiger partial charge in [-0.1, -0.05) is 23.2 Å². The zero-order valence-electron chi connectivity index (χ0n) is 11.2. The van der Waals surface area contributed by atoms with E-state index in [1.165, 1.54) is 11.3 Å². The van der Waals surface area contributed by atoms with Gasteiger partial charge in [0.05, 0.1) is 23.4 Å². The second kappa shape index (κ2) is 5.67. The first-order chi connectivity index (χ1) is 10.1. The highest BCUT2D eigenvalue weighted by molar-refractivity contribution is 7.19. The van der Waals surface area contributed by atoms with Crippen molar-refractivity contribution in [3.05, 3.63) is 33.8 Å². The summed E-state index contributed by atoms with van der Waals surface area (Å²) in [6.07, 6.45) is 0. The normalized spacial score (nSPS) is 10.9. The van der Waals surface area contributed by atoms with Gasteiger partial charge in [0.25, 0.3) is 0 Å². The molecule has 2 heterocycles. The van der Waals surface area contributed by atoms with E-state index in [1.54, 1.807) is 32.4 Å². The van der Waals surface area contributed by atoms with Crippen LogP contribution in [0, 0.1) is 0 Å². The number of thiophene rings is 1. The van der Waals surface area contributed by atoms with Crippen LogP contribution in [0.5, 0.6) is 11.5 Å². The van der Waals surface area contributed by atoms with Gasteiger partial charge in [-0.15, -0.1) is 11.3 Å². The zero-order valence-corrected chi connectivity index (χ0v) is 13.5. The van der Waals surface area contributed by atoms with E-state index in [0.717, 1.165) is 4.88 Å². The summed E-state index contributed by atoms with van der Waals surface area (Å²) in [5.74, 6) is 1.74. The number of methoxy groups -OCH3 is 2. The molecule has 0 unspecified atom stereocenters. The van der Waals surface area contributed by atoms with Crippen LogP contribution in [0.2, 0.25) is 9.49 Å². The van der Waals surface area contributed by atoms with E-state index in [1.807, 2.05) is 6.07 Å². The highest BCUT2D eigenvalue weighted by Gasteiger charge is 2.14. The Morgan fingerprint density at radius 2 is 1.86 bits per heavy atom. The molecule has 0 spiro atoms. The molecule has 7 heteroatoms. The lowest BCUT2D eigenvalue weighted by Gasteiger charge is -2.10. The molecule has 0 N–H and O–H groups in total. The second-order valence-electron chi connectivity index (χ2n) is 4.17. The van der Waals surface area contributed by atoms with Crippen molar-refractivity contribution in [1.82, 2.24) is 9.97 Å². The molecule has 0 fully saturated rings. The molecule has 21 heavy (non-hydrogen) atoms. The smallest absolute Gasteiger partial charge is 0.171 e. The van der Waals surface area contributed by atoms with E-state index in [2.05, 4.69) is 9.97 Å². The molecule has 108 valence electrons. The summed E-state index contributed by atoms with van der Waals surface area (Å²) in [5, 5.41) is 1.02. The molecule has 0 aliphatic carbocycles. The van der Waals surface area contributed by atoms with Crippen LogP contribution in [0.4, 0.5) is 0 Å². The fourth-order valence-electron chi connectivity index (χ4n) is 1.96. The van der Waals surface area contributed by atoms with Gasteiger partial charge in [-0.3, -0.25) is 0 Å². The quantitative estimate of drug-likeness (QED) is 0.649. The third-order valence-electron chi connectivity index (χ3n) is 2.94. The fraction of sp³-hybridized carbons (Fsp3) is 0.143. The van der Waals surface area contributed by atoms with Crippen LogP contribution in [0.3, 0.4) is 0 Å². The minimum atomic E-state index is 0.344. The first kappa shape index (κ1) is 14.4. The number of hydrogen-bond donors (Lipinski definition) is 0. The van der Waals surface area contributed by atoms with E-state index < -0.39 is 0 Å². The maximum atomic E-state index is 6.29. The summed E-state index contributed by atoms with van der Waals surface area (Å²) in [4.78, 5) is 9.72. The number of halogens is 2. The number of fused-ring (bicyclic) bond motifs is 1. The minimum Gasteiger partial charge on any atom is -0.497 e. The van der Waals surface area contributed by atoms with Gasteiger partial charge in [-0.05, 0) is 18.2 Å². The monoisotopic (exact) mass is 340 g/mol. The van der Waals surface area contributed by atoms with Crippen LogP contribution in [-0.4, -0.2) is 24.2 Å². The highest BCUT2D eigenvalue weighted by Crippen LogP contribution is 2.36. The average Bonchev–Trinajstić information content (AvgIpc) is 2.92. The van der Waals surface area contributed by atoms with Gasteiger partial charge in [0.15, 0.2) is 5.82 Å². The van der Waals surface area contributed by atoms with Gasteiger partial charge < -0.3 is 9.47 Å². The first-order valence-electron chi connectivity index (χ1n) is 5.97. The zero-order chi connectivity index (χ0) is 15.0. The molecule has 0 saturated carbocycles. The average molecular weight is 341 g/mol. The third-order valence-corrected chi connectivity index (χ3v) is 4.46. The van der Waals surface area contributed by atoms with Crippen LogP contribution in [0.1, 0.15) is 0 Å². The van der Waals surface area contributed by atoms with Crippen molar-refractivity contribution in [1.29, 1.82) is 0 Å². The number of ether oxygens (including phenoxy) is 2. The Morgan fingerprint density at radius 3 is 2.48 bits per heavy atom. The Morgan fingerprint density at radius 1 is 1.05 bits per heavy atom. The van der Waals surface area contributed by atoms with E-state index >= 15 is 0 Å². The number of benzene rings is 1. The lowest BCUT2D eigenvalue weighted by molar-refractivity contribution is 0.397. The molecule has 0 amide bonds. The van der Waals surface area contributed by atoms with Crippen LogP contribution >= 0.6 is 34.5 Å². The Balaban J connectivity index is 2.27. The van der Waals surface area contributed by atoms with Crippen molar-refractivity contribution in [2.45, 2.75) is 0 Å². The van der Waals surface area contributed by atoms with Gasteiger partial charge >= 0.3 is 0 Å². The number of rotatable bonds is 3. The van der Waals surface area contributed by atoms with Crippen LogP contribution in [0.25, 0.3) is 21.6 Å². The minimum absolute atomic E-state index is 0.344. The first-order valence-corrected chi connectivity index (χ1v) is 7.54. The maximum absolute atomic E-state index is 6.29.